The largest absolute Gasteiger partial charge is 0.508 e. The monoisotopic (exact) mass is 287 g/mol. The Morgan fingerprint density at radius 3 is 2.53 bits per heavy atom. The predicted molar refractivity (Wildman–Crippen MR) is 79.7 cm³/mol. The van der Waals surface area contributed by atoms with Gasteiger partial charge in [-0.3, -0.25) is 0 Å². The first-order valence-corrected chi connectivity index (χ1v) is 6.99. The summed E-state index contributed by atoms with van der Waals surface area (Å²) in [4.78, 5) is 4.60. The highest BCUT2D eigenvalue weighted by atomic mass is 35.5. The molecule has 0 bridgehead atoms. The molecular formula is C15H10ClNOS. The van der Waals surface area contributed by atoms with E-state index in [4.69, 9.17) is 11.6 Å². The number of thiazole rings is 1. The van der Waals surface area contributed by atoms with Gasteiger partial charge in [0.2, 0.25) is 0 Å². The summed E-state index contributed by atoms with van der Waals surface area (Å²) in [5, 5.41) is 12.9. The Bertz CT molecular complexity index is 706. The second-order valence-corrected chi connectivity index (χ2v) is 5.39. The molecule has 0 saturated heterocycles. The lowest BCUT2D eigenvalue weighted by molar-refractivity contribution is 0.475. The fourth-order valence-corrected chi connectivity index (χ4v) is 2.81. The summed E-state index contributed by atoms with van der Waals surface area (Å²) < 4.78 is 0. The van der Waals surface area contributed by atoms with Crippen LogP contribution in [0.1, 0.15) is 0 Å². The van der Waals surface area contributed by atoms with Gasteiger partial charge in [-0.2, -0.15) is 0 Å². The highest BCUT2D eigenvalue weighted by Crippen LogP contribution is 2.30. The molecular weight excluding hydrogens is 278 g/mol. The molecule has 1 N–H and O–H groups in total. The number of phenols is 1. The average molecular weight is 288 g/mol. The maximum absolute atomic E-state index is 9.28. The number of aromatic nitrogens is 1. The molecule has 0 fully saturated rings. The van der Waals surface area contributed by atoms with Crippen molar-refractivity contribution in [2.24, 2.45) is 0 Å². The number of hydrogen-bond donors (Lipinski definition) is 1. The molecule has 0 aliphatic rings. The minimum atomic E-state index is 0.258. The Labute approximate surface area is 120 Å². The molecule has 0 saturated carbocycles. The molecule has 2 nitrogen and oxygen atoms in total. The number of rotatable bonds is 2. The fraction of sp³-hybridized carbons (Fsp3) is 0. The quantitative estimate of drug-likeness (QED) is 0.732. The van der Waals surface area contributed by atoms with Gasteiger partial charge in [0.1, 0.15) is 10.8 Å². The molecule has 0 aliphatic heterocycles. The third kappa shape index (κ3) is 2.62. The van der Waals surface area contributed by atoms with E-state index >= 15 is 0 Å². The summed E-state index contributed by atoms with van der Waals surface area (Å²) in [6.07, 6.45) is 0. The van der Waals surface area contributed by atoms with Crippen LogP contribution in [0.3, 0.4) is 0 Å². The van der Waals surface area contributed by atoms with E-state index < -0.39 is 0 Å². The van der Waals surface area contributed by atoms with Crippen LogP contribution in [0.5, 0.6) is 5.75 Å². The molecule has 1 heterocycles. The Morgan fingerprint density at radius 2 is 1.79 bits per heavy atom. The lowest BCUT2D eigenvalue weighted by Crippen LogP contribution is -1.79. The number of nitrogens with zero attached hydrogens (tertiary/aromatic N) is 1. The van der Waals surface area contributed by atoms with Crippen LogP contribution in [0.15, 0.2) is 53.9 Å². The second-order valence-electron chi connectivity index (χ2n) is 4.10. The zero-order valence-corrected chi connectivity index (χ0v) is 11.4. The van der Waals surface area contributed by atoms with Gasteiger partial charge < -0.3 is 5.11 Å². The zero-order valence-electron chi connectivity index (χ0n) is 9.88. The van der Waals surface area contributed by atoms with Crippen molar-refractivity contribution in [3.8, 4) is 27.6 Å². The Balaban J connectivity index is 1.97. The molecule has 0 radical (unpaired) electrons. The number of halogens is 1. The molecule has 1 aromatic heterocycles. The van der Waals surface area contributed by atoms with E-state index in [1.807, 2.05) is 41.8 Å². The van der Waals surface area contributed by atoms with Crippen molar-refractivity contribution in [1.29, 1.82) is 0 Å². The third-order valence-electron chi connectivity index (χ3n) is 2.74. The molecule has 3 aromatic rings. The van der Waals surface area contributed by atoms with Crippen LogP contribution in [0.2, 0.25) is 5.02 Å². The Kier molecular flexibility index (Phi) is 3.23. The predicted octanol–water partition coefficient (Wildman–Crippen LogP) is 4.84. The van der Waals surface area contributed by atoms with Gasteiger partial charge in [0.05, 0.1) is 5.69 Å². The van der Waals surface area contributed by atoms with Crippen molar-refractivity contribution in [2.45, 2.75) is 0 Å². The van der Waals surface area contributed by atoms with Crippen molar-refractivity contribution in [3.05, 3.63) is 58.9 Å². The second kappa shape index (κ2) is 5.03. The van der Waals surface area contributed by atoms with Gasteiger partial charge in [-0.15, -0.1) is 11.3 Å². The van der Waals surface area contributed by atoms with Crippen molar-refractivity contribution >= 4 is 22.9 Å². The van der Waals surface area contributed by atoms with Crippen molar-refractivity contribution in [1.82, 2.24) is 4.98 Å². The Morgan fingerprint density at radius 1 is 1.00 bits per heavy atom. The SMILES string of the molecule is Oc1ccc(-c2csc(-c3cccc(Cl)c3)n2)cc1. The maximum atomic E-state index is 9.28. The van der Waals surface area contributed by atoms with E-state index in [1.54, 1.807) is 23.5 Å². The molecule has 0 unspecified atom stereocenters. The van der Waals surface area contributed by atoms with Gasteiger partial charge in [0, 0.05) is 21.5 Å². The smallest absolute Gasteiger partial charge is 0.124 e. The highest BCUT2D eigenvalue weighted by Gasteiger charge is 2.07. The highest BCUT2D eigenvalue weighted by molar-refractivity contribution is 7.13. The van der Waals surface area contributed by atoms with E-state index in [0.717, 1.165) is 21.8 Å². The van der Waals surface area contributed by atoms with Gasteiger partial charge >= 0.3 is 0 Å². The van der Waals surface area contributed by atoms with Crippen molar-refractivity contribution < 1.29 is 5.11 Å². The van der Waals surface area contributed by atoms with Crippen molar-refractivity contribution in [2.75, 3.05) is 0 Å². The van der Waals surface area contributed by atoms with Crippen LogP contribution in [0, 0.1) is 0 Å². The molecule has 0 atom stereocenters. The zero-order chi connectivity index (χ0) is 13.2. The van der Waals surface area contributed by atoms with E-state index in [1.165, 1.54) is 0 Å². The van der Waals surface area contributed by atoms with E-state index in [9.17, 15) is 5.11 Å². The molecule has 3 rings (SSSR count). The molecule has 4 heteroatoms. The van der Waals surface area contributed by atoms with Gasteiger partial charge in [0.15, 0.2) is 0 Å². The first-order chi connectivity index (χ1) is 9.22. The molecule has 0 aliphatic carbocycles. The first kappa shape index (κ1) is 12.2. The van der Waals surface area contributed by atoms with Crippen LogP contribution in [-0.4, -0.2) is 10.1 Å². The average Bonchev–Trinajstić information content (AvgIpc) is 2.89. The van der Waals surface area contributed by atoms with Crippen molar-refractivity contribution in [3.63, 3.8) is 0 Å². The number of aromatic hydroxyl groups is 1. The first-order valence-electron chi connectivity index (χ1n) is 5.73. The van der Waals surface area contributed by atoms with E-state index in [0.29, 0.717) is 5.02 Å². The summed E-state index contributed by atoms with van der Waals surface area (Å²) in [7, 11) is 0. The van der Waals surface area contributed by atoms with Crippen LogP contribution >= 0.6 is 22.9 Å². The van der Waals surface area contributed by atoms with Gasteiger partial charge in [-0.05, 0) is 36.4 Å². The van der Waals surface area contributed by atoms with Gasteiger partial charge in [-0.1, -0.05) is 23.7 Å². The Hall–Kier alpha value is -1.84. The van der Waals surface area contributed by atoms with Crippen LogP contribution in [0.25, 0.3) is 21.8 Å². The maximum Gasteiger partial charge on any atom is 0.124 e. The van der Waals surface area contributed by atoms with E-state index in [2.05, 4.69) is 4.98 Å². The third-order valence-corrected chi connectivity index (χ3v) is 3.87. The minimum absolute atomic E-state index is 0.258. The molecule has 19 heavy (non-hydrogen) atoms. The van der Waals surface area contributed by atoms with Gasteiger partial charge in [0.25, 0.3) is 0 Å². The number of hydrogen-bond acceptors (Lipinski definition) is 3. The summed E-state index contributed by atoms with van der Waals surface area (Å²) in [5.41, 5.74) is 2.91. The molecule has 2 aromatic carbocycles. The standard InChI is InChI=1S/C15H10ClNOS/c16-12-3-1-2-11(8-12)15-17-14(9-19-15)10-4-6-13(18)7-5-10/h1-9,18H. The summed E-state index contributed by atoms with van der Waals surface area (Å²) in [6.45, 7) is 0. The number of benzene rings is 2. The normalized spacial score (nSPS) is 10.6. The summed E-state index contributed by atoms with van der Waals surface area (Å²) in [5.74, 6) is 0.258. The molecule has 94 valence electrons. The lowest BCUT2D eigenvalue weighted by Gasteiger charge is -1.98. The van der Waals surface area contributed by atoms with E-state index in [-0.39, 0.29) is 5.75 Å². The lowest BCUT2D eigenvalue weighted by atomic mass is 10.1. The van der Waals surface area contributed by atoms with Crippen LogP contribution in [-0.2, 0) is 0 Å². The van der Waals surface area contributed by atoms with Crippen LogP contribution in [0.4, 0.5) is 0 Å². The molecule has 0 spiro atoms. The number of phenolic OH excluding ortho intramolecular Hbond substituents is 1. The topological polar surface area (TPSA) is 33.1 Å². The summed E-state index contributed by atoms with van der Waals surface area (Å²) in [6, 6.07) is 14.7. The van der Waals surface area contributed by atoms with Crippen LogP contribution < -0.4 is 0 Å². The minimum Gasteiger partial charge on any atom is -0.508 e. The molecule has 0 amide bonds. The van der Waals surface area contributed by atoms with Gasteiger partial charge in [-0.25, -0.2) is 4.98 Å². The summed E-state index contributed by atoms with van der Waals surface area (Å²) >= 11 is 7.56. The fourth-order valence-electron chi connectivity index (χ4n) is 1.79.